The summed E-state index contributed by atoms with van der Waals surface area (Å²) in [6, 6.07) is 21.1. The first-order valence-corrected chi connectivity index (χ1v) is 10.0. The largest absolute Gasteiger partial charge is 0.494 e. The smallest absolute Gasteiger partial charge is 0.266 e. The summed E-state index contributed by atoms with van der Waals surface area (Å²) in [5.41, 5.74) is 2.36. The summed E-state index contributed by atoms with van der Waals surface area (Å²) < 4.78 is 5.42. The summed E-state index contributed by atoms with van der Waals surface area (Å²) in [5.74, 6) is -0.395. The molecule has 0 N–H and O–H groups in total. The Kier molecular flexibility index (Phi) is 5.54. The average molecular weight is 414 g/mol. The van der Waals surface area contributed by atoms with Crippen molar-refractivity contribution in [3.63, 3.8) is 0 Å². The number of benzene rings is 3. The molecule has 0 saturated heterocycles. The molecule has 31 heavy (non-hydrogen) atoms. The Morgan fingerprint density at radius 1 is 0.903 bits per heavy atom. The van der Waals surface area contributed by atoms with Crippen LogP contribution in [0.5, 0.6) is 5.75 Å². The summed E-state index contributed by atoms with van der Waals surface area (Å²) in [5, 5.41) is 0. The highest BCUT2D eigenvalue weighted by Gasteiger charge is 2.37. The van der Waals surface area contributed by atoms with E-state index < -0.39 is 11.8 Å². The lowest BCUT2D eigenvalue weighted by Gasteiger charge is -2.17. The maximum absolute atomic E-state index is 13.0. The van der Waals surface area contributed by atoms with E-state index in [1.807, 2.05) is 37.3 Å². The number of hydrogen-bond donors (Lipinski definition) is 0. The first-order valence-electron chi connectivity index (χ1n) is 10.0. The number of amides is 3. The van der Waals surface area contributed by atoms with Crippen molar-refractivity contribution in [2.75, 3.05) is 18.6 Å². The third-order valence-electron chi connectivity index (χ3n) is 5.15. The zero-order valence-electron chi connectivity index (χ0n) is 17.4. The van der Waals surface area contributed by atoms with Crippen LogP contribution in [0.3, 0.4) is 0 Å². The molecule has 156 valence electrons. The molecule has 0 fully saturated rings. The Bertz CT molecular complexity index is 1140. The van der Waals surface area contributed by atoms with Crippen molar-refractivity contribution in [2.24, 2.45) is 0 Å². The molecule has 6 heteroatoms. The third-order valence-corrected chi connectivity index (χ3v) is 5.15. The maximum Gasteiger partial charge on any atom is 0.266 e. The molecular weight excluding hydrogens is 392 g/mol. The van der Waals surface area contributed by atoms with Gasteiger partial charge < -0.3 is 9.64 Å². The van der Waals surface area contributed by atoms with Crippen molar-refractivity contribution in [1.82, 2.24) is 4.90 Å². The molecule has 1 aliphatic rings. The van der Waals surface area contributed by atoms with E-state index in [1.54, 1.807) is 48.3 Å². The minimum Gasteiger partial charge on any atom is -0.494 e. The van der Waals surface area contributed by atoms with Gasteiger partial charge in [-0.05, 0) is 55.0 Å². The Morgan fingerprint density at radius 2 is 1.58 bits per heavy atom. The van der Waals surface area contributed by atoms with Gasteiger partial charge in [-0.1, -0.05) is 30.3 Å². The van der Waals surface area contributed by atoms with Crippen LogP contribution < -0.4 is 9.64 Å². The van der Waals surface area contributed by atoms with Gasteiger partial charge in [0.2, 0.25) is 0 Å². The third kappa shape index (κ3) is 3.92. The molecule has 0 aromatic heterocycles. The number of anilines is 1. The van der Waals surface area contributed by atoms with Gasteiger partial charge in [-0.25, -0.2) is 4.90 Å². The second-order valence-corrected chi connectivity index (χ2v) is 7.28. The van der Waals surface area contributed by atoms with Gasteiger partial charge in [-0.3, -0.25) is 14.4 Å². The lowest BCUT2D eigenvalue weighted by molar-refractivity contribution is 0.0784. The van der Waals surface area contributed by atoms with E-state index in [0.717, 1.165) is 10.5 Å². The van der Waals surface area contributed by atoms with Crippen LogP contribution >= 0.6 is 0 Å². The molecule has 3 amide bonds. The molecule has 4 rings (SSSR count). The fourth-order valence-corrected chi connectivity index (χ4v) is 3.62. The molecule has 0 atom stereocenters. The maximum atomic E-state index is 13.0. The number of nitrogens with zero attached hydrogens (tertiary/aromatic N) is 2. The molecule has 3 aromatic carbocycles. The number of rotatable bonds is 6. The van der Waals surface area contributed by atoms with Crippen molar-refractivity contribution in [3.05, 3.63) is 95.1 Å². The summed E-state index contributed by atoms with van der Waals surface area (Å²) in [6.07, 6.45) is 0. The van der Waals surface area contributed by atoms with E-state index in [1.165, 1.54) is 6.07 Å². The minimum atomic E-state index is -0.440. The molecule has 6 nitrogen and oxygen atoms in total. The van der Waals surface area contributed by atoms with Gasteiger partial charge in [0, 0.05) is 19.2 Å². The van der Waals surface area contributed by atoms with Crippen molar-refractivity contribution < 1.29 is 19.1 Å². The van der Waals surface area contributed by atoms with Crippen LogP contribution in [0.4, 0.5) is 5.69 Å². The number of imide groups is 1. The fourth-order valence-electron chi connectivity index (χ4n) is 3.62. The fraction of sp³-hybridized carbons (Fsp3) is 0.160. The second kappa shape index (κ2) is 8.44. The van der Waals surface area contributed by atoms with Gasteiger partial charge in [0.1, 0.15) is 5.75 Å². The molecule has 0 bridgehead atoms. The van der Waals surface area contributed by atoms with E-state index in [4.69, 9.17) is 4.74 Å². The number of carbonyl (C=O) groups is 3. The zero-order chi connectivity index (χ0) is 22.0. The molecule has 0 saturated carbocycles. The highest BCUT2D eigenvalue weighted by molar-refractivity contribution is 6.34. The zero-order valence-corrected chi connectivity index (χ0v) is 17.4. The Morgan fingerprint density at radius 3 is 2.26 bits per heavy atom. The second-order valence-electron chi connectivity index (χ2n) is 7.28. The lowest BCUT2D eigenvalue weighted by Crippen LogP contribution is -2.29. The van der Waals surface area contributed by atoms with Gasteiger partial charge in [-0.15, -0.1) is 0 Å². The SMILES string of the molecule is CCOc1ccc(N2C(=O)c3ccc(C(=O)N(C)Cc4ccccc4)cc3C2=O)cc1. The topological polar surface area (TPSA) is 66.9 Å². The van der Waals surface area contributed by atoms with Gasteiger partial charge in [0.15, 0.2) is 0 Å². The van der Waals surface area contributed by atoms with Gasteiger partial charge in [0.05, 0.1) is 23.4 Å². The predicted octanol–water partition coefficient (Wildman–Crippen LogP) is 4.16. The molecular formula is C25H22N2O4. The number of carbonyl (C=O) groups excluding carboxylic acids is 3. The van der Waals surface area contributed by atoms with Crippen LogP contribution in [0, 0.1) is 0 Å². The summed E-state index contributed by atoms with van der Waals surface area (Å²) in [4.78, 5) is 41.5. The van der Waals surface area contributed by atoms with Crippen molar-refractivity contribution in [2.45, 2.75) is 13.5 Å². The van der Waals surface area contributed by atoms with Crippen molar-refractivity contribution in [1.29, 1.82) is 0 Å². The highest BCUT2D eigenvalue weighted by atomic mass is 16.5. The standard InChI is InChI=1S/C25H22N2O4/c1-3-31-20-12-10-19(11-13-20)27-24(29)21-14-9-18(15-22(21)25(27)30)23(28)26(2)16-17-7-5-4-6-8-17/h4-15H,3,16H2,1-2H3. The molecule has 3 aromatic rings. The predicted molar refractivity (Wildman–Crippen MR) is 117 cm³/mol. The molecule has 1 aliphatic heterocycles. The van der Waals surface area contributed by atoms with Crippen molar-refractivity contribution in [3.8, 4) is 5.75 Å². The summed E-state index contributed by atoms with van der Waals surface area (Å²) in [7, 11) is 1.71. The summed E-state index contributed by atoms with van der Waals surface area (Å²) in [6.45, 7) is 2.86. The first-order chi connectivity index (χ1) is 15.0. The van der Waals surface area contributed by atoms with Crippen LogP contribution in [0.15, 0.2) is 72.8 Å². The van der Waals surface area contributed by atoms with Gasteiger partial charge in [-0.2, -0.15) is 0 Å². The van der Waals surface area contributed by atoms with Crippen LogP contribution in [0.2, 0.25) is 0 Å². The van der Waals surface area contributed by atoms with E-state index in [-0.39, 0.29) is 11.5 Å². The van der Waals surface area contributed by atoms with E-state index in [2.05, 4.69) is 0 Å². The molecule has 0 aliphatic carbocycles. The van der Waals surface area contributed by atoms with E-state index in [0.29, 0.717) is 35.7 Å². The Hall–Kier alpha value is -3.93. The van der Waals surface area contributed by atoms with Crippen LogP contribution in [0.25, 0.3) is 0 Å². The normalized spacial score (nSPS) is 12.6. The van der Waals surface area contributed by atoms with Crippen LogP contribution in [-0.2, 0) is 6.54 Å². The lowest BCUT2D eigenvalue weighted by atomic mass is 10.0. The van der Waals surface area contributed by atoms with Gasteiger partial charge >= 0.3 is 0 Å². The molecule has 0 unspecified atom stereocenters. The minimum absolute atomic E-state index is 0.216. The van der Waals surface area contributed by atoms with E-state index in [9.17, 15) is 14.4 Å². The molecule has 0 radical (unpaired) electrons. The van der Waals surface area contributed by atoms with Crippen LogP contribution in [-0.4, -0.2) is 36.3 Å². The van der Waals surface area contributed by atoms with Crippen molar-refractivity contribution >= 4 is 23.4 Å². The quantitative estimate of drug-likeness (QED) is 0.568. The number of hydrogen-bond acceptors (Lipinski definition) is 4. The van der Waals surface area contributed by atoms with Gasteiger partial charge in [0.25, 0.3) is 17.7 Å². The monoisotopic (exact) mass is 414 g/mol. The first kappa shape index (κ1) is 20.3. The highest BCUT2D eigenvalue weighted by Crippen LogP contribution is 2.30. The Labute approximate surface area is 180 Å². The van der Waals surface area contributed by atoms with Crippen LogP contribution in [0.1, 0.15) is 43.6 Å². The molecule has 1 heterocycles. The number of fused-ring (bicyclic) bond motifs is 1. The Balaban J connectivity index is 1.57. The summed E-state index contributed by atoms with van der Waals surface area (Å²) >= 11 is 0. The molecule has 0 spiro atoms. The van der Waals surface area contributed by atoms with E-state index >= 15 is 0 Å². The number of ether oxygens (including phenoxy) is 1. The average Bonchev–Trinajstić information content (AvgIpc) is 3.04.